The van der Waals surface area contributed by atoms with Gasteiger partial charge in [0.1, 0.15) is 5.54 Å². The highest BCUT2D eigenvalue weighted by atomic mass is 19.3. The van der Waals surface area contributed by atoms with E-state index < -0.39 is 17.6 Å². The van der Waals surface area contributed by atoms with E-state index in [1.807, 2.05) is 0 Å². The van der Waals surface area contributed by atoms with Crippen LogP contribution in [-0.2, 0) is 0 Å². The predicted octanol–water partition coefficient (Wildman–Crippen LogP) is 2.53. The van der Waals surface area contributed by atoms with Crippen molar-refractivity contribution >= 4 is 6.09 Å². The maximum Gasteiger partial charge on any atom is 0.407 e. The van der Waals surface area contributed by atoms with Crippen LogP contribution in [-0.4, -0.2) is 58.6 Å². The van der Waals surface area contributed by atoms with Gasteiger partial charge in [-0.15, -0.1) is 0 Å². The van der Waals surface area contributed by atoms with Crippen LogP contribution in [0.1, 0.15) is 38.5 Å². The van der Waals surface area contributed by atoms with Crippen LogP contribution in [0.2, 0.25) is 0 Å². The second-order valence-corrected chi connectivity index (χ2v) is 7.13. The molecule has 1 N–H and O–H groups in total. The summed E-state index contributed by atoms with van der Waals surface area (Å²) in [5, 5.41) is 18.5. The summed E-state index contributed by atoms with van der Waals surface area (Å²) in [5.41, 5.74) is -0.642. The number of alkyl halides is 2. The van der Waals surface area contributed by atoms with Crippen LogP contribution in [0.15, 0.2) is 0 Å². The van der Waals surface area contributed by atoms with Crippen molar-refractivity contribution in [2.45, 2.75) is 50.0 Å². The van der Waals surface area contributed by atoms with Crippen molar-refractivity contribution in [3.05, 3.63) is 0 Å². The van der Waals surface area contributed by atoms with Crippen molar-refractivity contribution in [2.24, 2.45) is 5.41 Å². The molecule has 2 saturated heterocycles. The third-order valence-electron chi connectivity index (χ3n) is 5.89. The van der Waals surface area contributed by atoms with E-state index in [9.17, 15) is 18.8 Å². The zero-order valence-corrected chi connectivity index (χ0v) is 12.5. The molecule has 1 spiro atoms. The van der Waals surface area contributed by atoms with E-state index in [0.717, 1.165) is 25.7 Å². The summed E-state index contributed by atoms with van der Waals surface area (Å²) in [5.74, 6) is -2.65. The molecule has 3 aliphatic rings. The summed E-state index contributed by atoms with van der Waals surface area (Å²) in [6.45, 7) is 0.466. The minimum Gasteiger partial charge on any atom is -0.465 e. The molecule has 2 aliphatic heterocycles. The number of carbonyl (C=O) groups is 1. The summed E-state index contributed by atoms with van der Waals surface area (Å²) in [7, 11) is 0. The van der Waals surface area contributed by atoms with Crippen LogP contribution in [0.3, 0.4) is 0 Å². The van der Waals surface area contributed by atoms with E-state index in [1.165, 1.54) is 4.90 Å². The van der Waals surface area contributed by atoms with Gasteiger partial charge in [0.15, 0.2) is 0 Å². The maximum atomic E-state index is 13.1. The first kappa shape index (κ1) is 15.5. The van der Waals surface area contributed by atoms with E-state index in [1.54, 1.807) is 4.90 Å². The van der Waals surface area contributed by atoms with Gasteiger partial charge in [-0.1, -0.05) is 0 Å². The molecule has 0 unspecified atom stereocenters. The van der Waals surface area contributed by atoms with Gasteiger partial charge in [-0.2, -0.15) is 5.26 Å². The fourth-order valence-electron chi connectivity index (χ4n) is 4.18. The van der Waals surface area contributed by atoms with Gasteiger partial charge in [-0.05, 0) is 43.9 Å². The molecule has 122 valence electrons. The molecule has 5 nitrogen and oxygen atoms in total. The lowest BCUT2D eigenvalue weighted by Crippen LogP contribution is -2.66. The van der Waals surface area contributed by atoms with Gasteiger partial charge in [0.25, 0.3) is 5.92 Å². The zero-order chi connectivity index (χ0) is 16.0. The van der Waals surface area contributed by atoms with Crippen LogP contribution in [0, 0.1) is 16.7 Å². The van der Waals surface area contributed by atoms with Crippen molar-refractivity contribution in [3.8, 4) is 6.07 Å². The van der Waals surface area contributed by atoms with Crippen molar-refractivity contribution in [1.29, 1.82) is 5.26 Å². The molecule has 2 heterocycles. The van der Waals surface area contributed by atoms with Crippen molar-refractivity contribution in [3.63, 3.8) is 0 Å². The Morgan fingerprint density at radius 2 is 1.59 bits per heavy atom. The Kier molecular flexibility index (Phi) is 3.55. The number of rotatable bonds is 1. The van der Waals surface area contributed by atoms with Crippen LogP contribution >= 0.6 is 0 Å². The summed E-state index contributed by atoms with van der Waals surface area (Å²) in [6.07, 6.45) is 3.65. The topological polar surface area (TPSA) is 67.6 Å². The number of carboxylic acid groups (broad SMARTS) is 1. The largest absolute Gasteiger partial charge is 0.465 e. The van der Waals surface area contributed by atoms with Crippen LogP contribution < -0.4 is 0 Å². The van der Waals surface area contributed by atoms with E-state index in [2.05, 4.69) is 6.07 Å². The number of hydrogen-bond donors (Lipinski definition) is 1. The molecule has 22 heavy (non-hydrogen) atoms. The standard InChI is InChI=1S/C15H21F2N3O2/c16-15(17)10-20(11-15)14(9-18)3-1-13(2-4-14)5-7-19(8-6-13)12(21)22/h1-8,10-11H2,(H,21,22). The molecule has 7 heteroatoms. The molecule has 0 atom stereocenters. The first-order chi connectivity index (χ1) is 10.3. The second kappa shape index (κ2) is 5.05. The molecule has 1 aliphatic carbocycles. The molecule has 0 bridgehead atoms. The first-order valence-corrected chi connectivity index (χ1v) is 7.82. The second-order valence-electron chi connectivity index (χ2n) is 7.13. The summed E-state index contributed by atoms with van der Waals surface area (Å²) in [6, 6.07) is 2.29. The number of nitrogens with zero attached hydrogens (tertiary/aromatic N) is 3. The first-order valence-electron chi connectivity index (χ1n) is 7.82. The summed E-state index contributed by atoms with van der Waals surface area (Å²) < 4.78 is 26.2. The third-order valence-corrected chi connectivity index (χ3v) is 5.89. The molecule has 0 aromatic rings. The Hall–Kier alpha value is -1.42. The molecular formula is C15H21F2N3O2. The lowest BCUT2D eigenvalue weighted by Gasteiger charge is -2.54. The fourth-order valence-corrected chi connectivity index (χ4v) is 4.18. The zero-order valence-electron chi connectivity index (χ0n) is 12.5. The monoisotopic (exact) mass is 313 g/mol. The van der Waals surface area contributed by atoms with E-state index in [-0.39, 0.29) is 18.5 Å². The number of piperidine rings is 1. The lowest BCUT2D eigenvalue weighted by atomic mass is 9.62. The molecule has 0 aromatic carbocycles. The summed E-state index contributed by atoms with van der Waals surface area (Å²) in [4.78, 5) is 14.0. The minimum atomic E-state index is -2.65. The normalized spacial score (nSPS) is 29.6. The summed E-state index contributed by atoms with van der Waals surface area (Å²) >= 11 is 0. The number of likely N-dealkylation sites (tertiary alicyclic amines) is 2. The lowest BCUT2D eigenvalue weighted by molar-refractivity contribution is -0.169. The van der Waals surface area contributed by atoms with Crippen LogP contribution in [0.5, 0.6) is 0 Å². The minimum absolute atomic E-state index is 0.0969. The Morgan fingerprint density at radius 1 is 1.05 bits per heavy atom. The highest BCUT2D eigenvalue weighted by Gasteiger charge is 2.55. The quantitative estimate of drug-likeness (QED) is 0.808. The van der Waals surface area contributed by atoms with Gasteiger partial charge in [0.2, 0.25) is 0 Å². The third kappa shape index (κ3) is 2.54. The van der Waals surface area contributed by atoms with Crippen molar-refractivity contribution in [2.75, 3.05) is 26.2 Å². The molecule has 0 radical (unpaired) electrons. The number of hydrogen-bond acceptors (Lipinski definition) is 3. The number of amides is 1. The van der Waals surface area contributed by atoms with Crippen molar-refractivity contribution in [1.82, 2.24) is 9.80 Å². The Labute approximate surface area is 128 Å². The van der Waals surface area contributed by atoms with Crippen molar-refractivity contribution < 1.29 is 18.7 Å². The highest BCUT2D eigenvalue weighted by Crippen LogP contribution is 2.50. The SMILES string of the molecule is N#CC1(N2CC(F)(F)C2)CCC2(CCN(C(=O)O)CC2)CC1. The highest BCUT2D eigenvalue weighted by molar-refractivity contribution is 5.65. The number of halogens is 2. The maximum absolute atomic E-state index is 13.1. The molecule has 1 amide bonds. The van der Waals surface area contributed by atoms with E-state index in [0.29, 0.717) is 25.9 Å². The van der Waals surface area contributed by atoms with Gasteiger partial charge < -0.3 is 10.0 Å². The molecule has 3 rings (SSSR count). The van der Waals surface area contributed by atoms with Gasteiger partial charge in [-0.3, -0.25) is 4.90 Å². The van der Waals surface area contributed by atoms with Gasteiger partial charge >= 0.3 is 6.09 Å². The molecular weight excluding hydrogens is 292 g/mol. The smallest absolute Gasteiger partial charge is 0.407 e. The fraction of sp³-hybridized carbons (Fsp3) is 0.867. The van der Waals surface area contributed by atoms with E-state index in [4.69, 9.17) is 5.11 Å². The average Bonchev–Trinajstić information content (AvgIpc) is 2.47. The number of nitriles is 1. The molecule has 3 fully saturated rings. The Balaban J connectivity index is 1.60. The Bertz CT molecular complexity index is 491. The van der Waals surface area contributed by atoms with Crippen LogP contribution in [0.4, 0.5) is 13.6 Å². The van der Waals surface area contributed by atoms with E-state index >= 15 is 0 Å². The molecule has 0 aromatic heterocycles. The van der Waals surface area contributed by atoms with Gasteiger partial charge in [-0.25, -0.2) is 13.6 Å². The average molecular weight is 313 g/mol. The predicted molar refractivity (Wildman–Crippen MR) is 74.6 cm³/mol. The van der Waals surface area contributed by atoms with Gasteiger partial charge in [0, 0.05) is 13.1 Å². The Morgan fingerprint density at radius 3 is 2.00 bits per heavy atom. The van der Waals surface area contributed by atoms with Gasteiger partial charge in [0.05, 0.1) is 19.2 Å². The van der Waals surface area contributed by atoms with Crippen LogP contribution in [0.25, 0.3) is 0 Å². The molecule has 1 saturated carbocycles.